The van der Waals surface area contributed by atoms with Crippen molar-refractivity contribution in [3.63, 3.8) is 0 Å². The monoisotopic (exact) mass is 351 g/mol. The molecule has 0 aliphatic heterocycles. The van der Waals surface area contributed by atoms with Crippen molar-refractivity contribution < 1.29 is 9.59 Å². The van der Waals surface area contributed by atoms with Gasteiger partial charge >= 0.3 is 0 Å². The molecule has 5 nitrogen and oxygen atoms in total. The van der Waals surface area contributed by atoms with Crippen molar-refractivity contribution in [2.75, 3.05) is 30.9 Å². The van der Waals surface area contributed by atoms with Crippen LogP contribution in [0, 0.1) is 0 Å². The maximum atomic E-state index is 12.3. The van der Waals surface area contributed by atoms with Crippen LogP contribution in [0.25, 0.3) is 0 Å². The third-order valence-electron chi connectivity index (χ3n) is 3.95. The van der Waals surface area contributed by atoms with E-state index in [9.17, 15) is 9.59 Å². The number of aryl methyl sites for hydroxylation is 1. The first-order valence-corrected chi connectivity index (χ1v) is 8.55. The van der Waals surface area contributed by atoms with Gasteiger partial charge in [0.2, 0.25) is 5.91 Å². The van der Waals surface area contributed by atoms with Gasteiger partial charge in [-0.3, -0.25) is 9.59 Å². The Kier molecular flexibility index (Phi) is 6.97. The summed E-state index contributed by atoms with van der Waals surface area (Å²) in [4.78, 5) is 26.5. The Morgan fingerprint density at radius 2 is 1.77 bits per heavy atom. The van der Waals surface area contributed by atoms with Gasteiger partial charge in [0.1, 0.15) is 0 Å². The second-order valence-electron chi connectivity index (χ2n) is 6.15. The van der Waals surface area contributed by atoms with Crippen LogP contribution in [-0.2, 0) is 11.2 Å². The number of carbonyl (C=O) groups excluding carboxylic acids is 2. The summed E-state index contributed by atoms with van der Waals surface area (Å²) in [6.45, 7) is 3.96. The summed E-state index contributed by atoms with van der Waals surface area (Å²) in [5.41, 5.74) is 3.18. The first-order chi connectivity index (χ1) is 12.5. The minimum atomic E-state index is -0.236. The Morgan fingerprint density at radius 3 is 2.42 bits per heavy atom. The molecule has 0 radical (unpaired) electrons. The lowest BCUT2D eigenvalue weighted by Crippen LogP contribution is -2.25. The van der Waals surface area contributed by atoms with Crippen LogP contribution in [0.5, 0.6) is 0 Å². The fourth-order valence-corrected chi connectivity index (χ4v) is 2.48. The predicted octanol–water partition coefficient (Wildman–Crippen LogP) is 3.24. The molecule has 26 heavy (non-hydrogen) atoms. The molecule has 2 aromatic carbocycles. The summed E-state index contributed by atoms with van der Waals surface area (Å²) in [5.74, 6) is -0.356. The number of nitrogens with zero attached hydrogens (tertiary/aromatic N) is 1. The zero-order chi connectivity index (χ0) is 18.9. The van der Waals surface area contributed by atoms with Crippen molar-refractivity contribution in [3.05, 3.63) is 72.3 Å². The molecule has 0 unspecified atom stereocenters. The van der Waals surface area contributed by atoms with Crippen LogP contribution in [0.15, 0.2) is 61.2 Å². The Hall–Kier alpha value is -3.08. The molecule has 5 heteroatoms. The summed E-state index contributed by atoms with van der Waals surface area (Å²) < 4.78 is 0. The lowest BCUT2D eigenvalue weighted by atomic mass is 10.1. The van der Waals surface area contributed by atoms with Crippen molar-refractivity contribution >= 4 is 23.2 Å². The highest BCUT2D eigenvalue weighted by Crippen LogP contribution is 2.17. The first kappa shape index (κ1) is 19.2. The Labute approximate surface area is 154 Å². The SMILES string of the molecule is C=CCNC(=O)c1ccccc1NC(=O)CCc1ccc(N(C)C)cc1. The second-order valence-corrected chi connectivity index (χ2v) is 6.15. The zero-order valence-electron chi connectivity index (χ0n) is 15.3. The highest BCUT2D eigenvalue weighted by molar-refractivity contribution is 6.03. The van der Waals surface area contributed by atoms with Gasteiger partial charge in [0.05, 0.1) is 11.3 Å². The lowest BCUT2D eigenvalue weighted by molar-refractivity contribution is -0.116. The van der Waals surface area contributed by atoms with Gasteiger partial charge in [-0.1, -0.05) is 30.3 Å². The molecule has 2 rings (SSSR count). The van der Waals surface area contributed by atoms with Gasteiger partial charge < -0.3 is 15.5 Å². The number of nitrogens with one attached hydrogen (secondary N) is 2. The van der Waals surface area contributed by atoms with Crippen molar-refractivity contribution in [2.24, 2.45) is 0 Å². The summed E-state index contributed by atoms with van der Waals surface area (Å²) >= 11 is 0. The number of anilines is 2. The lowest BCUT2D eigenvalue weighted by Gasteiger charge is -2.13. The van der Waals surface area contributed by atoms with E-state index in [1.54, 1.807) is 30.3 Å². The minimum Gasteiger partial charge on any atom is -0.378 e. The molecule has 0 spiro atoms. The van der Waals surface area contributed by atoms with Crippen LogP contribution in [0.1, 0.15) is 22.3 Å². The Balaban J connectivity index is 1.95. The average molecular weight is 351 g/mol. The van der Waals surface area contributed by atoms with Crippen molar-refractivity contribution in [3.8, 4) is 0 Å². The van der Waals surface area contributed by atoms with E-state index in [4.69, 9.17) is 0 Å². The van der Waals surface area contributed by atoms with Crippen LogP contribution in [-0.4, -0.2) is 32.5 Å². The van der Waals surface area contributed by atoms with Crippen molar-refractivity contribution in [1.29, 1.82) is 0 Å². The second kappa shape index (κ2) is 9.42. The standard InChI is InChI=1S/C21H25N3O2/c1-4-15-22-21(26)18-7-5-6-8-19(18)23-20(25)14-11-16-9-12-17(13-10-16)24(2)3/h4-10,12-13H,1,11,14-15H2,2-3H3,(H,22,26)(H,23,25). The van der Waals surface area contributed by atoms with Crippen LogP contribution in [0.4, 0.5) is 11.4 Å². The number of rotatable bonds is 8. The summed E-state index contributed by atoms with van der Waals surface area (Å²) in [7, 11) is 3.98. The predicted molar refractivity (Wildman–Crippen MR) is 107 cm³/mol. The van der Waals surface area contributed by atoms with Gasteiger partial charge in [-0.15, -0.1) is 6.58 Å². The van der Waals surface area contributed by atoms with E-state index in [0.717, 1.165) is 11.3 Å². The summed E-state index contributed by atoms with van der Waals surface area (Å²) in [5, 5.41) is 5.56. The third kappa shape index (κ3) is 5.48. The van der Waals surface area contributed by atoms with E-state index < -0.39 is 0 Å². The molecule has 0 aliphatic carbocycles. The van der Waals surface area contributed by atoms with Crippen LogP contribution < -0.4 is 15.5 Å². The molecule has 0 heterocycles. The van der Waals surface area contributed by atoms with Gasteiger partial charge in [0.15, 0.2) is 0 Å². The molecular weight excluding hydrogens is 326 g/mol. The summed E-state index contributed by atoms with van der Waals surface area (Å²) in [6.07, 6.45) is 2.61. The van der Waals surface area contributed by atoms with Crippen LogP contribution in [0.3, 0.4) is 0 Å². The number of benzene rings is 2. The molecule has 0 aromatic heterocycles. The fourth-order valence-electron chi connectivity index (χ4n) is 2.48. The van der Waals surface area contributed by atoms with E-state index >= 15 is 0 Å². The smallest absolute Gasteiger partial charge is 0.253 e. The molecule has 0 fully saturated rings. The fraction of sp³-hybridized carbons (Fsp3) is 0.238. The number of hydrogen-bond donors (Lipinski definition) is 2. The molecule has 0 bridgehead atoms. The van der Waals surface area contributed by atoms with Crippen molar-refractivity contribution in [1.82, 2.24) is 5.32 Å². The van der Waals surface area contributed by atoms with Gasteiger partial charge in [0.25, 0.3) is 5.91 Å². The van der Waals surface area contributed by atoms with E-state index in [1.807, 2.05) is 43.3 Å². The van der Waals surface area contributed by atoms with E-state index in [0.29, 0.717) is 30.6 Å². The maximum Gasteiger partial charge on any atom is 0.253 e. The molecule has 0 atom stereocenters. The molecule has 0 aliphatic rings. The third-order valence-corrected chi connectivity index (χ3v) is 3.95. The summed E-state index contributed by atoms with van der Waals surface area (Å²) in [6, 6.07) is 15.1. The van der Waals surface area contributed by atoms with E-state index in [-0.39, 0.29) is 11.8 Å². The number of hydrogen-bond acceptors (Lipinski definition) is 3. The van der Waals surface area contributed by atoms with Crippen molar-refractivity contribution in [2.45, 2.75) is 12.8 Å². The van der Waals surface area contributed by atoms with Crippen LogP contribution in [0.2, 0.25) is 0 Å². The minimum absolute atomic E-state index is 0.120. The quantitative estimate of drug-likeness (QED) is 0.718. The largest absolute Gasteiger partial charge is 0.378 e. The number of amides is 2. The molecule has 0 saturated carbocycles. The molecule has 2 N–H and O–H groups in total. The topological polar surface area (TPSA) is 61.4 Å². The first-order valence-electron chi connectivity index (χ1n) is 8.55. The highest BCUT2D eigenvalue weighted by Gasteiger charge is 2.12. The number of para-hydroxylation sites is 1. The van der Waals surface area contributed by atoms with Gasteiger partial charge in [0, 0.05) is 32.7 Å². The molecule has 2 amide bonds. The average Bonchev–Trinajstić information content (AvgIpc) is 2.65. The number of carbonyl (C=O) groups is 2. The van der Waals surface area contributed by atoms with Gasteiger partial charge in [-0.25, -0.2) is 0 Å². The molecule has 136 valence electrons. The zero-order valence-corrected chi connectivity index (χ0v) is 15.3. The van der Waals surface area contributed by atoms with Gasteiger partial charge in [-0.2, -0.15) is 0 Å². The van der Waals surface area contributed by atoms with Crippen LogP contribution >= 0.6 is 0 Å². The highest BCUT2D eigenvalue weighted by atomic mass is 16.2. The Bertz CT molecular complexity index is 767. The molecule has 2 aromatic rings. The maximum absolute atomic E-state index is 12.3. The Morgan fingerprint density at radius 1 is 1.08 bits per heavy atom. The van der Waals surface area contributed by atoms with E-state index in [1.165, 1.54) is 0 Å². The van der Waals surface area contributed by atoms with Gasteiger partial charge in [-0.05, 0) is 36.2 Å². The van der Waals surface area contributed by atoms with E-state index in [2.05, 4.69) is 17.2 Å². The molecular formula is C21H25N3O2. The normalized spacial score (nSPS) is 10.1. The molecule has 0 saturated heterocycles.